The molecular formula is C24H28FNO3. The van der Waals surface area contributed by atoms with Crippen LogP contribution < -0.4 is 9.47 Å². The Kier molecular flexibility index (Phi) is 5.86. The molecule has 2 fully saturated rings. The van der Waals surface area contributed by atoms with E-state index in [0.29, 0.717) is 24.7 Å². The van der Waals surface area contributed by atoms with Crippen LogP contribution in [0.25, 0.3) is 0 Å². The monoisotopic (exact) mass is 397 g/mol. The molecule has 2 aliphatic rings. The van der Waals surface area contributed by atoms with Gasteiger partial charge in [0.25, 0.3) is 0 Å². The number of methoxy groups -OCH3 is 2. The maximum absolute atomic E-state index is 13.0. The van der Waals surface area contributed by atoms with Crippen molar-refractivity contribution < 1.29 is 18.7 Å². The van der Waals surface area contributed by atoms with Gasteiger partial charge in [0.05, 0.1) is 14.2 Å². The van der Waals surface area contributed by atoms with Gasteiger partial charge < -0.3 is 14.4 Å². The number of likely N-dealkylation sites (tertiary alicyclic amines) is 1. The second kappa shape index (κ2) is 8.54. The fraction of sp³-hybridized carbons (Fsp3) is 0.458. The van der Waals surface area contributed by atoms with E-state index < -0.39 is 0 Å². The zero-order chi connectivity index (χ0) is 20.4. The van der Waals surface area contributed by atoms with Gasteiger partial charge in [-0.15, -0.1) is 0 Å². The summed E-state index contributed by atoms with van der Waals surface area (Å²) in [5.74, 6) is 3.43. The summed E-state index contributed by atoms with van der Waals surface area (Å²) in [4.78, 5) is 14.7. The number of benzene rings is 2. The van der Waals surface area contributed by atoms with Crippen LogP contribution in [-0.2, 0) is 11.2 Å². The van der Waals surface area contributed by atoms with Crippen molar-refractivity contribution in [3.63, 3.8) is 0 Å². The predicted molar refractivity (Wildman–Crippen MR) is 110 cm³/mol. The van der Waals surface area contributed by atoms with Gasteiger partial charge in [0.15, 0.2) is 11.5 Å². The number of rotatable bonds is 8. The standard InChI is InChI=1S/C24H28FNO3/c1-28-23-8-5-17(13-24(23)29-2)21-12-18-14-26(15-22(18)21)10-9-20(27)11-16-3-6-19(25)7-4-16/h3-8,13,18,21-22H,9-12,14-15H2,1-2H3. The molecular weight excluding hydrogens is 369 g/mol. The SMILES string of the molecule is COc1ccc(C2CC3CN(CCC(=O)Cc4ccc(F)cc4)CC32)cc1OC. The van der Waals surface area contributed by atoms with Crippen LogP contribution in [0.5, 0.6) is 11.5 Å². The number of hydrogen-bond acceptors (Lipinski definition) is 4. The van der Waals surface area contributed by atoms with Gasteiger partial charge in [-0.2, -0.15) is 0 Å². The molecule has 0 amide bonds. The smallest absolute Gasteiger partial charge is 0.160 e. The highest BCUT2D eigenvalue weighted by Gasteiger charge is 2.47. The first-order valence-electron chi connectivity index (χ1n) is 10.3. The molecule has 3 unspecified atom stereocenters. The number of carbonyl (C=O) groups excluding carboxylic acids is 1. The summed E-state index contributed by atoms with van der Waals surface area (Å²) in [6.07, 6.45) is 2.13. The summed E-state index contributed by atoms with van der Waals surface area (Å²) in [5.41, 5.74) is 2.20. The van der Waals surface area contributed by atoms with Crippen LogP contribution in [0.4, 0.5) is 4.39 Å². The average molecular weight is 397 g/mol. The Hall–Kier alpha value is -2.40. The minimum Gasteiger partial charge on any atom is -0.493 e. The Morgan fingerprint density at radius 1 is 1.07 bits per heavy atom. The van der Waals surface area contributed by atoms with Crippen molar-refractivity contribution in [2.75, 3.05) is 33.9 Å². The summed E-state index contributed by atoms with van der Waals surface area (Å²) in [7, 11) is 3.33. The molecule has 2 aromatic carbocycles. The Bertz CT molecular complexity index is 867. The van der Waals surface area contributed by atoms with Gasteiger partial charge in [-0.1, -0.05) is 18.2 Å². The molecule has 2 aromatic rings. The Morgan fingerprint density at radius 2 is 1.83 bits per heavy atom. The normalized spacial score (nSPS) is 23.3. The van der Waals surface area contributed by atoms with Crippen molar-refractivity contribution in [2.24, 2.45) is 11.8 Å². The second-order valence-corrected chi connectivity index (χ2v) is 8.23. The number of carbonyl (C=O) groups is 1. The molecule has 0 spiro atoms. The average Bonchev–Trinajstić information content (AvgIpc) is 3.04. The molecule has 154 valence electrons. The molecule has 1 aliphatic carbocycles. The van der Waals surface area contributed by atoms with E-state index >= 15 is 0 Å². The van der Waals surface area contributed by atoms with Crippen LogP contribution in [0, 0.1) is 17.7 Å². The molecule has 0 aromatic heterocycles. The molecule has 1 aliphatic heterocycles. The number of ketones is 1. The number of halogens is 1. The lowest BCUT2D eigenvalue weighted by Gasteiger charge is -2.40. The molecule has 4 nitrogen and oxygen atoms in total. The summed E-state index contributed by atoms with van der Waals surface area (Å²) < 4.78 is 23.8. The molecule has 3 atom stereocenters. The molecule has 0 N–H and O–H groups in total. The van der Waals surface area contributed by atoms with Crippen LogP contribution in [0.3, 0.4) is 0 Å². The van der Waals surface area contributed by atoms with E-state index in [1.54, 1.807) is 26.4 Å². The first-order valence-corrected chi connectivity index (χ1v) is 10.3. The van der Waals surface area contributed by atoms with Gasteiger partial charge >= 0.3 is 0 Å². The highest BCUT2D eigenvalue weighted by atomic mass is 19.1. The molecule has 4 rings (SSSR count). The number of ether oxygens (including phenoxy) is 2. The predicted octanol–water partition coefficient (Wildman–Crippen LogP) is 4.08. The summed E-state index contributed by atoms with van der Waals surface area (Å²) in [6, 6.07) is 12.5. The first kappa shape index (κ1) is 19.9. The Balaban J connectivity index is 1.28. The zero-order valence-electron chi connectivity index (χ0n) is 17.1. The molecule has 1 heterocycles. The van der Waals surface area contributed by atoms with Crippen molar-refractivity contribution in [3.05, 3.63) is 59.4 Å². The van der Waals surface area contributed by atoms with E-state index in [-0.39, 0.29) is 11.6 Å². The van der Waals surface area contributed by atoms with Gasteiger partial charge in [-0.3, -0.25) is 4.79 Å². The lowest BCUT2D eigenvalue weighted by Crippen LogP contribution is -2.33. The lowest BCUT2D eigenvalue weighted by molar-refractivity contribution is -0.118. The number of hydrogen-bond donors (Lipinski definition) is 0. The third kappa shape index (κ3) is 4.30. The summed E-state index contributed by atoms with van der Waals surface area (Å²) in [6.45, 7) is 2.94. The van der Waals surface area contributed by atoms with E-state index in [0.717, 1.165) is 42.6 Å². The van der Waals surface area contributed by atoms with Crippen molar-refractivity contribution in [1.82, 2.24) is 4.90 Å². The van der Waals surface area contributed by atoms with Crippen molar-refractivity contribution in [3.8, 4) is 11.5 Å². The van der Waals surface area contributed by atoms with Crippen molar-refractivity contribution >= 4 is 5.78 Å². The van der Waals surface area contributed by atoms with E-state index in [2.05, 4.69) is 17.0 Å². The van der Waals surface area contributed by atoms with Crippen molar-refractivity contribution in [2.45, 2.75) is 25.2 Å². The van der Waals surface area contributed by atoms with Gasteiger partial charge in [0.2, 0.25) is 0 Å². The minimum absolute atomic E-state index is 0.215. The molecule has 29 heavy (non-hydrogen) atoms. The Labute approximate surface area is 171 Å². The fourth-order valence-corrected chi connectivity index (χ4v) is 4.85. The van der Waals surface area contributed by atoms with Crippen LogP contribution >= 0.6 is 0 Å². The third-order valence-electron chi connectivity index (χ3n) is 6.50. The quantitative estimate of drug-likeness (QED) is 0.673. The lowest BCUT2D eigenvalue weighted by atomic mass is 9.64. The van der Waals surface area contributed by atoms with E-state index in [4.69, 9.17) is 9.47 Å². The highest BCUT2D eigenvalue weighted by Crippen LogP contribution is 2.52. The molecule has 1 saturated carbocycles. The van der Waals surface area contributed by atoms with Crippen LogP contribution in [0.15, 0.2) is 42.5 Å². The van der Waals surface area contributed by atoms with Gasteiger partial charge in [-0.05, 0) is 59.6 Å². The number of nitrogens with zero attached hydrogens (tertiary/aromatic N) is 1. The van der Waals surface area contributed by atoms with E-state index in [1.807, 2.05) is 6.07 Å². The number of fused-ring (bicyclic) bond motifs is 1. The summed E-state index contributed by atoms with van der Waals surface area (Å²) >= 11 is 0. The van der Waals surface area contributed by atoms with Crippen LogP contribution in [-0.4, -0.2) is 44.5 Å². The van der Waals surface area contributed by atoms with E-state index in [9.17, 15) is 9.18 Å². The topological polar surface area (TPSA) is 38.8 Å². The van der Waals surface area contributed by atoms with Crippen molar-refractivity contribution in [1.29, 1.82) is 0 Å². The third-order valence-corrected chi connectivity index (χ3v) is 6.50. The molecule has 5 heteroatoms. The largest absolute Gasteiger partial charge is 0.493 e. The fourth-order valence-electron chi connectivity index (χ4n) is 4.85. The summed E-state index contributed by atoms with van der Waals surface area (Å²) in [5, 5.41) is 0. The number of Topliss-reactive ketones (excluding diaryl/α,β-unsaturated/α-hetero) is 1. The van der Waals surface area contributed by atoms with Crippen LogP contribution in [0.2, 0.25) is 0 Å². The highest BCUT2D eigenvalue weighted by molar-refractivity contribution is 5.81. The second-order valence-electron chi connectivity index (χ2n) is 8.23. The minimum atomic E-state index is -0.266. The molecule has 0 radical (unpaired) electrons. The van der Waals surface area contributed by atoms with E-state index in [1.165, 1.54) is 24.1 Å². The Morgan fingerprint density at radius 3 is 2.55 bits per heavy atom. The molecule has 0 bridgehead atoms. The maximum atomic E-state index is 13.0. The molecule has 1 saturated heterocycles. The maximum Gasteiger partial charge on any atom is 0.160 e. The first-order chi connectivity index (χ1) is 14.1. The van der Waals surface area contributed by atoms with Crippen LogP contribution in [0.1, 0.15) is 29.9 Å². The zero-order valence-corrected chi connectivity index (χ0v) is 17.1. The van der Waals surface area contributed by atoms with Gasteiger partial charge in [-0.25, -0.2) is 4.39 Å². The van der Waals surface area contributed by atoms with Gasteiger partial charge in [0.1, 0.15) is 11.6 Å². The van der Waals surface area contributed by atoms with Gasteiger partial charge in [0, 0.05) is 32.5 Å².